The van der Waals surface area contributed by atoms with Crippen molar-refractivity contribution in [3.63, 3.8) is 0 Å². The van der Waals surface area contributed by atoms with Gasteiger partial charge in [-0.05, 0) is 0 Å². The molecule has 0 radical (unpaired) electrons. The standard InChI is InChI=1S/C9H13F2N3O5S/c10-8(11)6-19-2-1-13-20(17,18)7-3-12-14(4-7)5-9(15)16/h3-4,8,13H,1-2,5-6H2,(H,15,16). The number of carboxylic acid groups (broad SMARTS) is 1. The molecule has 0 saturated carbocycles. The van der Waals surface area contributed by atoms with Crippen molar-refractivity contribution in [2.24, 2.45) is 0 Å². The summed E-state index contributed by atoms with van der Waals surface area (Å²) in [6.07, 6.45) is -0.567. The van der Waals surface area contributed by atoms with Crippen molar-refractivity contribution in [1.29, 1.82) is 0 Å². The Balaban J connectivity index is 2.47. The maximum absolute atomic E-state index is 11.7. The van der Waals surface area contributed by atoms with Crippen molar-refractivity contribution in [3.05, 3.63) is 12.4 Å². The number of hydrogen-bond donors (Lipinski definition) is 2. The number of nitrogens with zero attached hydrogens (tertiary/aromatic N) is 2. The van der Waals surface area contributed by atoms with E-state index >= 15 is 0 Å². The van der Waals surface area contributed by atoms with Gasteiger partial charge in [0.05, 0.1) is 12.8 Å². The van der Waals surface area contributed by atoms with Crippen LogP contribution in [-0.2, 0) is 26.1 Å². The Morgan fingerprint density at radius 3 is 2.85 bits per heavy atom. The summed E-state index contributed by atoms with van der Waals surface area (Å²) in [5, 5.41) is 12.1. The highest BCUT2D eigenvalue weighted by Gasteiger charge is 2.16. The fraction of sp³-hybridized carbons (Fsp3) is 0.556. The van der Waals surface area contributed by atoms with Gasteiger partial charge in [-0.15, -0.1) is 0 Å². The summed E-state index contributed by atoms with van der Waals surface area (Å²) >= 11 is 0. The second-order valence-electron chi connectivity index (χ2n) is 3.63. The zero-order valence-corrected chi connectivity index (χ0v) is 11.0. The summed E-state index contributed by atoms with van der Waals surface area (Å²) in [6, 6.07) is 0. The third kappa shape index (κ3) is 5.59. The molecular formula is C9H13F2N3O5S. The van der Waals surface area contributed by atoms with E-state index in [0.717, 1.165) is 17.1 Å². The molecule has 0 fully saturated rings. The van der Waals surface area contributed by atoms with E-state index in [4.69, 9.17) is 5.11 Å². The predicted molar refractivity (Wildman–Crippen MR) is 61.9 cm³/mol. The Morgan fingerprint density at radius 2 is 2.25 bits per heavy atom. The van der Waals surface area contributed by atoms with Gasteiger partial charge in [-0.1, -0.05) is 0 Å². The smallest absolute Gasteiger partial charge is 0.325 e. The molecule has 1 heterocycles. The van der Waals surface area contributed by atoms with E-state index in [1.54, 1.807) is 0 Å². The van der Waals surface area contributed by atoms with E-state index in [0.29, 0.717) is 0 Å². The summed E-state index contributed by atoms with van der Waals surface area (Å²) < 4.78 is 54.5. The molecule has 0 aromatic carbocycles. The number of aromatic nitrogens is 2. The van der Waals surface area contributed by atoms with Gasteiger partial charge in [0.25, 0.3) is 6.43 Å². The van der Waals surface area contributed by atoms with Crippen LogP contribution in [0, 0.1) is 0 Å². The van der Waals surface area contributed by atoms with Crippen LogP contribution in [0.5, 0.6) is 0 Å². The van der Waals surface area contributed by atoms with Crippen LogP contribution in [-0.4, -0.2) is 55.5 Å². The minimum atomic E-state index is -3.87. The Kier molecular flexibility index (Phi) is 5.98. The molecule has 8 nitrogen and oxygen atoms in total. The molecule has 1 rings (SSSR count). The summed E-state index contributed by atoms with van der Waals surface area (Å²) in [4.78, 5) is 10.2. The lowest BCUT2D eigenvalue weighted by atomic mass is 10.6. The van der Waals surface area contributed by atoms with Crippen LogP contribution >= 0.6 is 0 Å². The molecule has 0 unspecified atom stereocenters. The average Bonchev–Trinajstić information content (AvgIpc) is 2.76. The Labute approximate surface area is 113 Å². The zero-order chi connectivity index (χ0) is 15.2. The highest BCUT2D eigenvalue weighted by atomic mass is 32.2. The number of rotatable bonds is 9. The molecule has 114 valence electrons. The minimum Gasteiger partial charge on any atom is -0.480 e. The first-order valence-corrected chi connectivity index (χ1v) is 6.89. The van der Waals surface area contributed by atoms with E-state index in [1.807, 2.05) is 0 Å². The number of nitrogens with one attached hydrogen (secondary N) is 1. The second-order valence-corrected chi connectivity index (χ2v) is 5.40. The van der Waals surface area contributed by atoms with Crippen LogP contribution in [0.4, 0.5) is 8.78 Å². The van der Waals surface area contributed by atoms with Gasteiger partial charge >= 0.3 is 5.97 Å². The van der Waals surface area contributed by atoms with Crippen LogP contribution in [0.25, 0.3) is 0 Å². The maximum atomic E-state index is 11.7. The number of sulfonamides is 1. The lowest BCUT2D eigenvalue weighted by Gasteiger charge is -2.05. The lowest BCUT2D eigenvalue weighted by Crippen LogP contribution is -2.27. The Hall–Kier alpha value is -1.59. The van der Waals surface area contributed by atoms with E-state index in [2.05, 4.69) is 14.6 Å². The number of carboxylic acids is 1. The van der Waals surface area contributed by atoms with Crippen LogP contribution in [0.15, 0.2) is 17.3 Å². The van der Waals surface area contributed by atoms with E-state index < -0.39 is 35.6 Å². The first kappa shape index (κ1) is 16.5. The van der Waals surface area contributed by atoms with Crippen molar-refractivity contribution in [2.75, 3.05) is 19.8 Å². The van der Waals surface area contributed by atoms with Gasteiger partial charge in [-0.3, -0.25) is 9.48 Å². The van der Waals surface area contributed by atoms with Crippen LogP contribution in [0.2, 0.25) is 0 Å². The largest absolute Gasteiger partial charge is 0.480 e. The molecule has 2 N–H and O–H groups in total. The van der Waals surface area contributed by atoms with Gasteiger partial charge < -0.3 is 9.84 Å². The van der Waals surface area contributed by atoms with Crippen molar-refractivity contribution in [1.82, 2.24) is 14.5 Å². The molecule has 0 aliphatic heterocycles. The molecule has 0 amide bonds. The third-order valence-corrected chi connectivity index (χ3v) is 3.42. The molecule has 0 aliphatic carbocycles. The van der Waals surface area contributed by atoms with Gasteiger partial charge in [0.1, 0.15) is 18.0 Å². The van der Waals surface area contributed by atoms with Gasteiger partial charge in [-0.25, -0.2) is 21.9 Å². The first-order chi connectivity index (χ1) is 9.31. The van der Waals surface area contributed by atoms with Crippen molar-refractivity contribution in [2.45, 2.75) is 17.9 Å². The number of ether oxygens (including phenoxy) is 1. The fourth-order valence-corrected chi connectivity index (χ4v) is 2.18. The minimum absolute atomic E-state index is 0.181. The molecule has 0 spiro atoms. The number of carbonyl (C=O) groups is 1. The summed E-state index contributed by atoms with van der Waals surface area (Å²) in [5.74, 6) is -1.16. The monoisotopic (exact) mass is 313 g/mol. The summed E-state index contributed by atoms with van der Waals surface area (Å²) in [5.41, 5.74) is 0. The van der Waals surface area contributed by atoms with Gasteiger partial charge in [0, 0.05) is 12.7 Å². The van der Waals surface area contributed by atoms with Crippen molar-refractivity contribution < 1.29 is 31.8 Å². The number of aliphatic carboxylic acids is 1. The highest BCUT2D eigenvalue weighted by Crippen LogP contribution is 2.06. The quantitative estimate of drug-likeness (QED) is 0.596. The Morgan fingerprint density at radius 1 is 1.55 bits per heavy atom. The van der Waals surface area contributed by atoms with Crippen LogP contribution in [0.1, 0.15) is 0 Å². The maximum Gasteiger partial charge on any atom is 0.325 e. The molecule has 1 aromatic heterocycles. The van der Waals surface area contributed by atoms with Crippen molar-refractivity contribution in [3.8, 4) is 0 Å². The number of alkyl halides is 2. The van der Waals surface area contributed by atoms with Gasteiger partial charge in [-0.2, -0.15) is 5.10 Å². The van der Waals surface area contributed by atoms with Crippen LogP contribution < -0.4 is 4.72 Å². The summed E-state index contributed by atoms with van der Waals surface area (Å²) in [6.45, 7) is -1.61. The topological polar surface area (TPSA) is 111 Å². The highest BCUT2D eigenvalue weighted by molar-refractivity contribution is 7.89. The second kappa shape index (κ2) is 7.26. The number of hydrogen-bond acceptors (Lipinski definition) is 5. The predicted octanol–water partition coefficient (Wildman–Crippen LogP) is -0.472. The van der Waals surface area contributed by atoms with E-state index in [-0.39, 0.29) is 18.0 Å². The van der Waals surface area contributed by atoms with E-state index in [1.165, 1.54) is 0 Å². The molecule has 0 saturated heterocycles. The van der Waals surface area contributed by atoms with Gasteiger partial charge in [0.2, 0.25) is 10.0 Å². The molecule has 1 aromatic rings. The van der Waals surface area contributed by atoms with Crippen LogP contribution in [0.3, 0.4) is 0 Å². The molecule has 11 heteroatoms. The van der Waals surface area contributed by atoms with Crippen molar-refractivity contribution >= 4 is 16.0 Å². The fourth-order valence-electron chi connectivity index (χ4n) is 1.21. The molecule has 0 aliphatic rings. The summed E-state index contributed by atoms with van der Waals surface area (Å²) in [7, 11) is -3.87. The first-order valence-electron chi connectivity index (χ1n) is 5.41. The molecule has 0 atom stereocenters. The molecule has 20 heavy (non-hydrogen) atoms. The molecular weight excluding hydrogens is 300 g/mol. The average molecular weight is 313 g/mol. The number of halogens is 2. The van der Waals surface area contributed by atoms with Gasteiger partial charge in [0.15, 0.2) is 0 Å². The van der Waals surface area contributed by atoms with E-state index in [9.17, 15) is 22.0 Å². The zero-order valence-electron chi connectivity index (χ0n) is 10.2. The Bertz CT molecular complexity index is 546. The lowest BCUT2D eigenvalue weighted by molar-refractivity contribution is -0.137. The third-order valence-electron chi connectivity index (χ3n) is 2.00. The SMILES string of the molecule is O=C(O)Cn1cc(S(=O)(=O)NCCOCC(F)F)cn1. The normalized spacial score (nSPS) is 11.9. The molecule has 0 bridgehead atoms.